The van der Waals surface area contributed by atoms with Crippen molar-refractivity contribution in [2.45, 2.75) is 40.5 Å². The van der Waals surface area contributed by atoms with Gasteiger partial charge in [0, 0.05) is 17.0 Å². The van der Waals surface area contributed by atoms with Crippen molar-refractivity contribution in [3.63, 3.8) is 0 Å². The number of rotatable bonds is 3. The Bertz CT molecular complexity index is 1170. The van der Waals surface area contributed by atoms with Gasteiger partial charge in [-0.3, -0.25) is 5.41 Å². The van der Waals surface area contributed by atoms with E-state index in [1.54, 1.807) is 0 Å². The Morgan fingerprint density at radius 3 is 2.11 bits per heavy atom. The van der Waals surface area contributed by atoms with Gasteiger partial charge in [-0.05, 0) is 79.8 Å². The van der Waals surface area contributed by atoms with Crippen molar-refractivity contribution in [1.29, 1.82) is 5.41 Å². The molecule has 1 heteroatoms. The molecule has 0 heterocycles. The van der Waals surface area contributed by atoms with Gasteiger partial charge in [-0.2, -0.15) is 0 Å². The van der Waals surface area contributed by atoms with E-state index in [0.29, 0.717) is 5.71 Å². The lowest BCUT2D eigenvalue weighted by atomic mass is 9.83. The predicted octanol–water partition coefficient (Wildman–Crippen LogP) is 7.17. The predicted molar refractivity (Wildman–Crippen MR) is 121 cm³/mol. The third kappa shape index (κ3) is 2.92. The molecule has 0 bridgehead atoms. The number of hydrogen-bond acceptors (Lipinski definition) is 1. The molecule has 0 saturated heterocycles. The van der Waals surface area contributed by atoms with Crippen LogP contribution in [0.4, 0.5) is 0 Å². The molecule has 1 nitrogen and oxygen atoms in total. The highest BCUT2D eigenvalue weighted by molar-refractivity contribution is 6.14. The Labute approximate surface area is 167 Å². The van der Waals surface area contributed by atoms with Crippen LogP contribution in [0.5, 0.6) is 0 Å². The van der Waals surface area contributed by atoms with Crippen molar-refractivity contribution < 1.29 is 0 Å². The Kier molecular flexibility index (Phi) is 4.55. The molecule has 1 aliphatic carbocycles. The maximum absolute atomic E-state index is 9.13. The highest BCUT2D eigenvalue weighted by atomic mass is 14.4. The maximum atomic E-state index is 9.13. The van der Waals surface area contributed by atoms with Gasteiger partial charge in [-0.15, -0.1) is 0 Å². The molecule has 0 aliphatic heterocycles. The van der Waals surface area contributed by atoms with Crippen molar-refractivity contribution >= 4 is 16.5 Å². The van der Waals surface area contributed by atoms with Gasteiger partial charge in [0.15, 0.2) is 0 Å². The number of allylic oxidation sites excluding steroid dienone is 4. The number of aryl methyl sites for hydroxylation is 1. The Morgan fingerprint density at radius 2 is 1.46 bits per heavy atom. The van der Waals surface area contributed by atoms with Crippen LogP contribution in [-0.2, 0) is 0 Å². The second-order valence-electron chi connectivity index (χ2n) is 8.04. The van der Waals surface area contributed by atoms with Crippen molar-refractivity contribution in [3.05, 3.63) is 105 Å². The molecule has 3 aromatic rings. The lowest BCUT2D eigenvalue weighted by molar-refractivity contribution is 1.00. The van der Waals surface area contributed by atoms with Gasteiger partial charge in [0.05, 0.1) is 5.71 Å². The SMILES string of the molecule is CC1=C(C)C(c2cc3ccccc3cc2C(=N)c2ccc(C)c(C)c2C)C=C1. The van der Waals surface area contributed by atoms with E-state index in [1.165, 1.54) is 44.2 Å². The van der Waals surface area contributed by atoms with E-state index in [1.807, 2.05) is 0 Å². The summed E-state index contributed by atoms with van der Waals surface area (Å²) in [5.74, 6) is 0.242. The topological polar surface area (TPSA) is 23.9 Å². The lowest BCUT2D eigenvalue weighted by Gasteiger charge is -2.20. The molecule has 140 valence electrons. The van der Waals surface area contributed by atoms with E-state index in [0.717, 1.165) is 11.1 Å². The van der Waals surface area contributed by atoms with E-state index in [4.69, 9.17) is 5.41 Å². The van der Waals surface area contributed by atoms with Crippen LogP contribution in [0, 0.1) is 26.2 Å². The summed E-state index contributed by atoms with van der Waals surface area (Å²) in [4.78, 5) is 0. The Morgan fingerprint density at radius 1 is 0.786 bits per heavy atom. The molecule has 0 aromatic heterocycles. The van der Waals surface area contributed by atoms with Gasteiger partial charge in [0.25, 0.3) is 0 Å². The molecule has 0 radical (unpaired) electrons. The monoisotopic (exact) mass is 365 g/mol. The molecule has 0 amide bonds. The highest BCUT2D eigenvalue weighted by Crippen LogP contribution is 2.38. The number of fused-ring (bicyclic) bond motifs is 1. The summed E-state index contributed by atoms with van der Waals surface area (Å²) in [7, 11) is 0. The first-order valence-corrected chi connectivity index (χ1v) is 9.93. The largest absolute Gasteiger partial charge is 0.300 e. The van der Waals surface area contributed by atoms with E-state index in [9.17, 15) is 0 Å². The van der Waals surface area contributed by atoms with E-state index < -0.39 is 0 Å². The van der Waals surface area contributed by atoms with E-state index in [2.05, 4.69) is 95.3 Å². The summed E-state index contributed by atoms with van der Waals surface area (Å²) < 4.78 is 0. The summed E-state index contributed by atoms with van der Waals surface area (Å²) in [5.41, 5.74) is 10.4. The number of hydrogen-bond donors (Lipinski definition) is 1. The van der Waals surface area contributed by atoms with Crippen LogP contribution < -0.4 is 0 Å². The first-order chi connectivity index (χ1) is 13.4. The van der Waals surface area contributed by atoms with Crippen LogP contribution in [0.2, 0.25) is 0 Å². The van der Waals surface area contributed by atoms with Crippen molar-refractivity contribution in [2.75, 3.05) is 0 Å². The summed E-state index contributed by atoms with van der Waals surface area (Å²) in [6.07, 6.45) is 4.49. The van der Waals surface area contributed by atoms with Gasteiger partial charge in [0.2, 0.25) is 0 Å². The first-order valence-electron chi connectivity index (χ1n) is 9.93. The van der Waals surface area contributed by atoms with Crippen molar-refractivity contribution in [2.24, 2.45) is 0 Å². The zero-order valence-corrected chi connectivity index (χ0v) is 17.4. The Balaban J connectivity index is 1.95. The minimum absolute atomic E-state index is 0.242. The fourth-order valence-corrected chi connectivity index (χ4v) is 4.20. The van der Waals surface area contributed by atoms with Crippen LogP contribution >= 0.6 is 0 Å². The minimum atomic E-state index is 0.242. The Hall–Kier alpha value is -2.93. The van der Waals surface area contributed by atoms with Crippen LogP contribution in [0.15, 0.2) is 71.8 Å². The van der Waals surface area contributed by atoms with Crippen LogP contribution in [0.1, 0.15) is 53.1 Å². The lowest BCUT2D eigenvalue weighted by Crippen LogP contribution is -2.11. The quantitative estimate of drug-likeness (QED) is 0.476. The maximum Gasteiger partial charge on any atom is 0.0690 e. The summed E-state index contributed by atoms with van der Waals surface area (Å²) >= 11 is 0. The standard InChI is InChI=1S/C27H27N/c1-16-11-13-24(20(5)18(16)3)27(28)26-15-22-9-7-6-8-21(22)14-25(26)23-12-10-17(2)19(23)4/h6-15,23,28H,1-5H3. The van der Waals surface area contributed by atoms with E-state index >= 15 is 0 Å². The molecule has 1 unspecified atom stereocenters. The molecular formula is C27H27N. The molecule has 28 heavy (non-hydrogen) atoms. The number of nitrogens with one attached hydrogen (secondary N) is 1. The molecule has 1 atom stereocenters. The second-order valence-corrected chi connectivity index (χ2v) is 8.04. The highest BCUT2D eigenvalue weighted by Gasteiger charge is 2.23. The fraction of sp³-hybridized carbons (Fsp3) is 0.222. The van der Waals surface area contributed by atoms with Crippen LogP contribution in [-0.4, -0.2) is 5.71 Å². The molecule has 0 saturated carbocycles. The van der Waals surface area contributed by atoms with Crippen molar-refractivity contribution in [3.8, 4) is 0 Å². The number of benzene rings is 3. The second kappa shape index (κ2) is 6.91. The zero-order valence-electron chi connectivity index (χ0n) is 17.4. The minimum Gasteiger partial charge on any atom is -0.300 e. The summed E-state index contributed by atoms with van der Waals surface area (Å²) in [6, 6.07) is 17.2. The molecule has 1 N–H and O–H groups in total. The molecular weight excluding hydrogens is 338 g/mol. The van der Waals surface area contributed by atoms with Crippen LogP contribution in [0.3, 0.4) is 0 Å². The van der Waals surface area contributed by atoms with Gasteiger partial charge < -0.3 is 0 Å². The average molecular weight is 366 g/mol. The first kappa shape index (κ1) is 18.4. The fourth-order valence-electron chi connectivity index (χ4n) is 4.20. The third-order valence-electron chi connectivity index (χ3n) is 6.48. The molecule has 1 aliphatic rings. The molecule has 4 rings (SSSR count). The van der Waals surface area contributed by atoms with Gasteiger partial charge in [0.1, 0.15) is 0 Å². The molecule has 0 fully saturated rings. The zero-order chi connectivity index (χ0) is 20.0. The summed E-state index contributed by atoms with van der Waals surface area (Å²) in [5, 5.41) is 11.6. The summed E-state index contributed by atoms with van der Waals surface area (Å²) in [6.45, 7) is 10.8. The average Bonchev–Trinajstić information content (AvgIpc) is 3.03. The van der Waals surface area contributed by atoms with Gasteiger partial charge >= 0.3 is 0 Å². The smallest absolute Gasteiger partial charge is 0.0690 e. The van der Waals surface area contributed by atoms with Gasteiger partial charge in [-0.25, -0.2) is 0 Å². The van der Waals surface area contributed by atoms with E-state index in [-0.39, 0.29) is 5.92 Å². The van der Waals surface area contributed by atoms with Gasteiger partial charge in [-0.1, -0.05) is 59.7 Å². The molecule has 3 aromatic carbocycles. The van der Waals surface area contributed by atoms with Crippen molar-refractivity contribution in [1.82, 2.24) is 0 Å². The normalized spacial score (nSPS) is 16.2. The molecule has 0 spiro atoms. The van der Waals surface area contributed by atoms with Crippen LogP contribution in [0.25, 0.3) is 10.8 Å². The third-order valence-corrected chi connectivity index (χ3v) is 6.48.